The van der Waals surface area contributed by atoms with Gasteiger partial charge in [0.25, 0.3) is 0 Å². The molecule has 0 atom stereocenters. The number of para-hydroxylation sites is 1. The minimum atomic E-state index is -0.0298. The summed E-state index contributed by atoms with van der Waals surface area (Å²) in [5, 5.41) is 6.42. The topological polar surface area (TPSA) is 32.7 Å². The monoisotopic (exact) mass is 284 g/mol. The van der Waals surface area contributed by atoms with Crippen molar-refractivity contribution >= 4 is 28.9 Å². The van der Waals surface area contributed by atoms with Crippen LogP contribution in [0.25, 0.3) is 0 Å². The maximum atomic E-state index is 12.1. The molecule has 1 amide bonds. The second-order valence-electron chi connectivity index (χ2n) is 4.57. The first-order valence-electron chi connectivity index (χ1n) is 6.46. The van der Waals surface area contributed by atoms with Gasteiger partial charge in [0.15, 0.2) is 0 Å². The van der Waals surface area contributed by atoms with Crippen LogP contribution in [-0.2, 0) is 4.79 Å². The summed E-state index contributed by atoms with van der Waals surface area (Å²) < 4.78 is 0. The summed E-state index contributed by atoms with van der Waals surface area (Å²) in [4.78, 5) is 12.1. The first-order chi connectivity index (χ1) is 9.75. The van der Waals surface area contributed by atoms with E-state index in [1.165, 1.54) is 5.01 Å². The van der Waals surface area contributed by atoms with E-state index in [1.54, 1.807) is 12.1 Å². The smallest absolute Gasteiger partial charge is 0.247 e. The van der Waals surface area contributed by atoms with E-state index in [2.05, 4.69) is 5.10 Å². The lowest BCUT2D eigenvalue weighted by Crippen LogP contribution is -2.32. The Hall–Kier alpha value is -2.13. The Morgan fingerprint density at radius 1 is 0.950 bits per heavy atom. The molecular formula is C16H13ClN2O. The third-order valence-electron chi connectivity index (χ3n) is 3.22. The largest absolute Gasteiger partial charge is 0.273 e. The molecule has 1 aliphatic rings. The van der Waals surface area contributed by atoms with Gasteiger partial charge in [-0.3, -0.25) is 4.79 Å². The minimum absolute atomic E-state index is 0.0298. The third kappa shape index (κ3) is 2.45. The van der Waals surface area contributed by atoms with Crippen LogP contribution in [-0.4, -0.2) is 11.6 Å². The Morgan fingerprint density at radius 3 is 2.40 bits per heavy atom. The van der Waals surface area contributed by atoms with E-state index in [-0.39, 0.29) is 5.91 Å². The van der Waals surface area contributed by atoms with Gasteiger partial charge in [-0.05, 0) is 17.7 Å². The normalized spacial score (nSPS) is 15.2. The molecule has 3 nitrogen and oxygen atoms in total. The van der Waals surface area contributed by atoms with Crippen LogP contribution in [0, 0.1) is 0 Å². The van der Waals surface area contributed by atoms with Crippen LogP contribution < -0.4 is 5.01 Å². The Balaban J connectivity index is 2.02. The van der Waals surface area contributed by atoms with E-state index in [0.717, 1.165) is 11.3 Å². The van der Waals surface area contributed by atoms with Gasteiger partial charge in [0.05, 0.1) is 16.4 Å². The Kier molecular flexibility index (Phi) is 3.52. The molecule has 0 fully saturated rings. The number of halogens is 1. The van der Waals surface area contributed by atoms with Crippen molar-refractivity contribution in [3.8, 4) is 0 Å². The second kappa shape index (κ2) is 5.47. The molecule has 4 heteroatoms. The van der Waals surface area contributed by atoms with Crippen molar-refractivity contribution < 1.29 is 4.79 Å². The number of hydrogen-bond acceptors (Lipinski definition) is 2. The van der Waals surface area contributed by atoms with Gasteiger partial charge in [0.2, 0.25) is 5.91 Å². The number of carbonyl (C=O) groups is 1. The van der Waals surface area contributed by atoms with Crippen LogP contribution in [0.4, 0.5) is 5.69 Å². The minimum Gasteiger partial charge on any atom is -0.273 e. The predicted octanol–water partition coefficient (Wildman–Crippen LogP) is 3.87. The summed E-state index contributed by atoms with van der Waals surface area (Å²) >= 11 is 6.15. The highest BCUT2D eigenvalue weighted by atomic mass is 35.5. The van der Waals surface area contributed by atoms with E-state index in [1.807, 2.05) is 42.5 Å². The number of hydrazone groups is 1. The number of hydrogen-bond donors (Lipinski definition) is 0. The molecule has 1 heterocycles. The first-order valence-corrected chi connectivity index (χ1v) is 6.84. The lowest BCUT2D eigenvalue weighted by molar-refractivity contribution is -0.118. The number of anilines is 1. The fourth-order valence-electron chi connectivity index (χ4n) is 2.20. The van der Waals surface area contributed by atoms with Crippen LogP contribution in [0.1, 0.15) is 18.4 Å². The zero-order valence-corrected chi connectivity index (χ0v) is 11.5. The highest BCUT2D eigenvalue weighted by molar-refractivity contribution is 6.34. The van der Waals surface area contributed by atoms with Gasteiger partial charge in [-0.2, -0.15) is 10.1 Å². The molecule has 0 aromatic heterocycles. The van der Waals surface area contributed by atoms with Gasteiger partial charge in [-0.1, -0.05) is 54.1 Å². The molecular weight excluding hydrogens is 272 g/mol. The summed E-state index contributed by atoms with van der Waals surface area (Å²) in [5.41, 5.74) is 2.58. The molecule has 0 saturated carbocycles. The SMILES string of the molecule is O=C1CCC(c2ccccc2)=NN1c1ccccc1Cl. The molecule has 20 heavy (non-hydrogen) atoms. The Bertz CT molecular complexity index is 667. The second-order valence-corrected chi connectivity index (χ2v) is 4.98. The molecule has 0 radical (unpaired) electrons. The molecule has 0 spiro atoms. The van der Waals surface area contributed by atoms with Crippen LogP contribution in [0.2, 0.25) is 5.02 Å². The van der Waals surface area contributed by atoms with E-state index < -0.39 is 0 Å². The molecule has 1 aliphatic heterocycles. The molecule has 2 aromatic carbocycles. The van der Waals surface area contributed by atoms with Gasteiger partial charge >= 0.3 is 0 Å². The fourth-order valence-corrected chi connectivity index (χ4v) is 2.42. The Morgan fingerprint density at radius 2 is 1.65 bits per heavy atom. The van der Waals surface area contributed by atoms with Gasteiger partial charge in [-0.25, -0.2) is 0 Å². The van der Waals surface area contributed by atoms with E-state index in [9.17, 15) is 4.79 Å². The van der Waals surface area contributed by atoms with E-state index >= 15 is 0 Å². The van der Waals surface area contributed by atoms with Crippen LogP contribution >= 0.6 is 11.6 Å². The average molecular weight is 285 g/mol. The molecule has 0 unspecified atom stereocenters. The van der Waals surface area contributed by atoms with Crippen molar-refractivity contribution in [2.24, 2.45) is 5.10 Å². The molecule has 2 aromatic rings. The maximum absolute atomic E-state index is 12.1. The van der Waals surface area contributed by atoms with Crippen molar-refractivity contribution in [2.45, 2.75) is 12.8 Å². The first kappa shape index (κ1) is 12.9. The van der Waals surface area contributed by atoms with Crippen LogP contribution in [0.5, 0.6) is 0 Å². The molecule has 3 rings (SSSR count). The highest BCUT2D eigenvalue weighted by Crippen LogP contribution is 2.28. The van der Waals surface area contributed by atoms with Crippen LogP contribution in [0.3, 0.4) is 0 Å². The van der Waals surface area contributed by atoms with Crippen molar-refractivity contribution in [3.63, 3.8) is 0 Å². The molecule has 100 valence electrons. The summed E-state index contributed by atoms with van der Waals surface area (Å²) in [5.74, 6) is -0.0298. The van der Waals surface area contributed by atoms with Gasteiger partial charge in [0.1, 0.15) is 0 Å². The summed E-state index contributed by atoms with van der Waals surface area (Å²) in [6.07, 6.45) is 1.10. The van der Waals surface area contributed by atoms with Gasteiger partial charge in [-0.15, -0.1) is 0 Å². The summed E-state index contributed by atoms with van der Waals surface area (Å²) in [6.45, 7) is 0. The van der Waals surface area contributed by atoms with Gasteiger partial charge < -0.3 is 0 Å². The zero-order chi connectivity index (χ0) is 13.9. The zero-order valence-electron chi connectivity index (χ0n) is 10.8. The lowest BCUT2D eigenvalue weighted by atomic mass is 10.0. The standard InChI is InChI=1S/C16H13ClN2O/c17-13-8-4-5-9-15(13)19-16(20)11-10-14(18-19)12-6-2-1-3-7-12/h1-9H,10-11H2. The van der Waals surface area contributed by atoms with Gasteiger partial charge in [0, 0.05) is 12.8 Å². The lowest BCUT2D eigenvalue weighted by Gasteiger charge is -2.24. The Labute approximate surface area is 122 Å². The quantitative estimate of drug-likeness (QED) is 0.824. The third-order valence-corrected chi connectivity index (χ3v) is 3.54. The predicted molar refractivity (Wildman–Crippen MR) is 81.2 cm³/mol. The van der Waals surface area contributed by atoms with E-state index in [0.29, 0.717) is 23.6 Å². The molecule has 0 aliphatic carbocycles. The van der Waals surface area contributed by atoms with Crippen molar-refractivity contribution in [2.75, 3.05) is 5.01 Å². The number of nitrogens with zero attached hydrogens (tertiary/aromatic N) is 2. The van der Waals surface area contributed by atoms with E-state index in [4.69, 9.17) is 11.6 Å². The number of rotatable bonds is 2. The van der Waals surface area contributed by atoms with Crippen LogP contribution in [0.15, 0.2) is 59.7 Å². The summed E-state index contributed by atoms with van der Waals surface area (Å²) in [6, 6.07) is 17.1. The number of carbonyl (C=O) groups excluding carboxylic acids is 1. The van der Waals surface area contributed by atoms with Crippen molar-refractivity contribution in [3.05, 3.63) is 65.2 Å². The number of benzene rings is 2. The molecule has 0 N–H and O–H groups in total. The maximum Gasteiger partial charge on any atom is 0.247 e. The van der Waals surface area contributed by atoms with Crippen molar-refractivity contribution in [1.29, 1.82) is 0 Å². The molecule has 0 bridgehead atoms. The fraction of sp³-hybridized carbons (Fsp3) is 0.125. The van der Waals surface area contributed by atoms with Crippen molar-refractivity contribution in [1.82, 2.24) is 0 Å². The highest BCUT2D eigenvalue weighted by Gasteiger charge is 2.23. The number of amides is 1. The summed E-state index contributed by atoms with van der Waals surface area (Å²) in [7, 11) is 0. The average Bonchev–Trinajstić information content (AvgIpc) is 2.49. The molecule has 0 saturated heterocycles.